The maximum atomic E-state index is 10.6. The van der Waals surface area contributed by atoms with Crippen LogP contribution in [-0.2, 0) is 4.79 Å². The second-order valence-corrected chi connectivity index (χ2v) is 4.15. The number of nitrogens with two attached hydrogens (primary N) is 2. The Bertz CT molecular complexity index is 391. The summed E-state index contributed by atoms with van der Waals surface area (Å²) in [6, 6.07) is 4.70. The van der Waals surface area contributed by atoms with Gasteiger partial charge >= 0.3 is 5.97 Å². The van der Waals surface area contributed by atoms with E-state index in [1.165, 1.54) is 0 Å². The van der Waals surface area contributed by atoms with Crippen LogP contribution >= 0.6 is 0 Å². The fourth-order valence-corrected chi connectivity index (χ4v) is 1.74. The molecule has 2 unspecified atom stereocenters. The lowest BCUT2D eigenvalue weighted by atomic mass is 9.95. The number of aryl methyl sites for hydroxylation is 2. The van der Waals surface area contributed by atoms with Crippen LogP contribution in [-0.4, -0.2) is 17.1 Å². The molecular weight excluding hydrogens is 204 g/mol. The normalized spacial score (nSPS) is 14.5. The highest BCUT2D eigenvalue weighted by molar-refractivity contribution is 5.73. The molecule has 1 aromatic rings. The Labute approximate surface area is 95.3 Å². The molecular formula is C12H18N2O2. The molecule has 0 aliphatic carbocycles. The molecule has 0 radical (unpaired) electrons. The predicted octanol–water partition coefficient (Wildman–Crippen LogP) is 1.11. The van der Waals surface area contributed by atoms with Crippen LogP contribution in [0.1, 0.15) is 29.2 Å². The van der Waals surface area contributed by atoms with Crippen molar-refractivity contribution < 1.29 is 9.90 Å². The molecule has 0 amide bonds. The van der Waals surface area contributed by atoms with Crippen LogP contribution < -0.4 is 11.5 Å². The summed E-state index contributed by atoms with van der Waals surface area (Å²) in [5.41, 5.74) is 14.6. The first-order valence-corrected chi connectivity index (χ1v) is 5.23. The molecule has 0 aromatic heterocycles. The standard InChI is InChI=1S/C12H18N2O2/c1-7-3-4-9(8(2)5-7)10(13)6-11(14)12(15)16/h3-5,10-11H,6,13-14H2,1-2H3,(H,15,16). The van der Waals surface area contributed by atoms with Gasteiger partial charge in [-0.15, -0.1) is 0 Å². The summed E-state index contributed by atoms with van der Waals surface area (Å²) in [5, 5.41) is 8.71. The molecule has 0 spiro atoms. The van der Waals surface area contributed by atoms with Gasteiger partial charge in [-0.05, 0) is 31.4 Å². The van der Waals surface area contributed by atoms with Crippen molar-refractivity contribution in [3.05, 3.63) is 34.9 Å². The molecule has 0 saturated carbocycles. The SMILES string of the molecule is Cc1ccc(C(N)CC(N)C(=O)O)c(C)c1. The number of rotatable bonds is 4. The van der Waals surface area contributed by atoms with E-state index >= 15 is 0 Å². The van der Waals surface area contributed by atoms with E-state index in [2.05, 4.69) is 0 Å². The zero-order valence-electron chi connectivity index (χ0n) is 9.60. The summed E-state index contributed by atoms with van der Waals surface area (Å²) in [4.78, 5) is 10.6. The minimum absolute atomic E-state index is 0.249. The fourth-order valence-electron chi connectivity index (χ4n) is 1.74. The van der Waals surface area contributed by atoms with Crippen LogP contribution in [0.2, 0.25) is 0 Å². The first kappa shape index (κ1) is 12.7. The summed E-state index contributed by atoms with van der Waals surface area (Å²) in [7, 11) is 0. The van der Waals surface area contributed by atoms with Crippen LogP contribution in [0.25, 0.3) is 0 Å². The molecule has 1 rings (SSSR count). The zero-order chi connectivity index (χ0) is 12.3. The Morgan fingerprint density at radius 1 is 1.38 bits per heavy atom. The molecule has 16 heavy (non-hydrogen) atoms. The van der Waals surface area contributed by atoms with Crippen molar-refractivity contribution in [2.24, 2.45) is 11.5 Å². The number of benzene rings is 1. The molecule has 88 valence electrons. The van der Waals surface area contributed by atoms with E-state index in [-0.39, 0.29) is 12.5 Å². The van der Waals surface area contributed by atoms with E-state index < -0.39 is 12.0 Å². The van der Waals surface area contributed by atoms with Crippen LogP contribution in [0.3, 0.4) is 0 Å². The van der Waals surface area contributed by atoms with Gasteiger partial charge in [0, 0.05) is 6.04 Å². The van der Waals surface area contributed by atoms with Crippen LogP contribution in [0.5, 0.6) is 0 Å². The molecule has 2 atom stereocenters. The lowest BCUT2D eigenvalue weighted by Gasteiger charge is -2.17. The maximum absolute atomic E-state index is 10.6. The Morgan fingerprint density at radius 3 is 2.50 bits per heavy atom. The third-order valence-electron chi connectivity index (χ3n) is 2.65. The Hall–Kier alpha value is -1.39. The average Bonchev–Trinajstić information content (AvgIpc) is 2.16. The van der Waals surface area contributed by atoms with Crippen molar-refractivity contribution in [1.29, 1.82) is 0 Å². The van der Waals surface area contributed by atoms with Crippen LogP contribution in [0, 0.1) is 13.8 Å². The van der Waals surface area contributed by atoms with Gasteiger partial charge in [-0.1, -0.05) is 23.8 Å². The van der Waals surface area contributed by atoms with E-state index in [1.54, 1.807) is 0 Å². The van der Waals surface area contributed by atoms with E-state index in [4.69, 9.17) is 16.6 Å². The second kappa shape index (κ2) is 5.09. The maximum Gasteiger partial charge on any atom is 0.320 e. The number of carboxylic acid groups (broad SMARTS) is 1. The number of hydrogen-bond acceptors (Lipinski definition) is 3. The largest absolute Gasteiger partial charge is 0.480 e. The highest BCUT2D eigenvalue weighted by Gasteiger charge is 2.18. The Balaban J connectivity index is 2.80. The van der Waals surface area contributed by atoms with Crippen molar-refractivity contribution in [3.63, 3.8) is 0 Å². The number of hydrogen-bond donors (Lipinski definition) is 3. The average molecular weight is 222 g/mol. The van der Waals surface area contributed by atoms with Gasteiger partial charge in [-0.25, -0.2) is 0 Å². The minimum atomic E-state index is -1.01. The monoisotopic (exact) mass is 222 g/mol. The number of aliphatic carboxylic acids is 1. The molecule has 0 heterocycles. The Kier molecular flexibility index (Phi) is 4.04. The zero-order valence-corrected chi connectivity index (χ0v) is 9.60. The smallest absolute Gasteiger partial charge is 0.320 e. The van der Waals surface area contributed by atoms with Gasteiger partial charge in [-0.2, -0.15) is 0 Å². The van der Waals surface area contributed by atoms with Gasteiger partial charge in [0.25, 0.3) is 0 Å². The van der Waals surface area contributed by atoms with Crippen molar-refractivity contribution in [3.8, 4) is 0 Å². The highest BCUT2D eigenvalue weighted by Crippen LogP contribution is 2.20. The summed E-state index contributed by atoms with van der Waals surface area (Å²) < 4.78 is 0. The quantitative estimate of drug-likeness (QED) is 0.711. The van der Waals surface area contributed by atoms with Crippen molar-refractivity contribution in [1.82, 2.24) is 0 Å². The predicted molar refractivity (Wildman–Crippen MR) is 63.1 cm³/mol. The number of carbonyl (C=O) groups is 1. The lowest BCUT2D eigenvalue weighted by molar-refractivity contribution is -0.138. The van der Waals surface area contributed by atoms with Crippen LogP contribution in [0.4, 0.5) is 0 Å². The van der Waals surface area contributed by atoms with E-state index in [9.17, 15) is 4.79 Å². The van der Waals surface area contributed by atoms with E-state index in [1.807, 2.05) is 32.0 Å². The second-order valence-electron chi connectivity index (χ2n) is 4.15. The molecule has 0 aliphatic heterocycles. The first-order chi connectivity index (χ1) is 7.41. The first-order valence-electron chi connectivity index (χ1n) is 5.23. The summed E-state index contributed by atoms with van der Waals surface area (Å²) in [6.45, 7) is 3.97. The third-order valence-corrected chi connectivity index (χ3v) is 2.65. The molecule has 1 aromatic carbocycles. The third kappa shape index (κ3) is 3.05. The summed E-state index contributed by atoms with van der Waals surface area (Å²) in [6.07, 6.45) is 0.249. The molecule has 4 nitrogen and oxygen atoms in total. The van der Waals surface area contributed by atoms with E-state index in [0.717, 1.165) is 16.7 Å². The minimum Gasteiger partial charge on any atom is -0.480 e. The molecule has 0 bridgehead atoms. The molecule has 0 fully saturated rings. The fraction of sp³-hybridized carbons (Fsp3) is 0.417. The van der Waals surface area contributed by atoms with E-state index in [0.29, 0.717) is 0 Å². The van der Waals surface area contributed by atoms with Gasteiger partial charge in [0.15, 0.2) is 0 Å². The highest BCUT2D eigenvalue weighted by atomic mass is 16.4. The van der Waals surface area contributed by atoms with Crippen molar-refractivity contribution in [2.75, 3.05) is 0 Å². The molecule has 4 heteroatoms. The van der Waals surface area contributed by atoms with Crippen molar-refractivity contribution in [2.45, 2.75) is 32.4 Å². The molecule has 5 N–H and O–H groups in total. The molecule has 0 saturated heterocycles. The summed E-state index contributed by atoms with van der Waals surface area (Å²) in [5.74, 6) is -1.01. The van der Waals surface area contributed by atoms with Gasteiger partial charge in [-0.3, -0.25) is 4.79 Å². The Morgan fingerprint density at radius 2 is 2.00 bits per heavy atom. The summed E-state index contributed by atoms with van der Waals surface area (Å²) >= 11 is 0. The van der Waals surface area contributed by atoms with Crippen molar-refractivity contribution >= 4 is 5.97 Å². The molecule has 0 aliphatic rings. The van der Waals surface area contributed by atoms with Gasteiger partial charge in [0.2, 0.25) is 0 Å². The van der Waals surface area contributed by atoms with Gasteiger partial charge in [0.1, 0.15) is 6.04 Å². The van der Waals surface area contributed by atoms with Gasteiger partial charge < -0.3 is 16.6 Å². The van der Waals surface area contributed by atoms with Crippen LogP contribution in [0.15, 0.2) is 18.2 Å². The topological polar surface area (TPSA) is 89.3 Å². The number of carboxylic acids is 1. The van der Waals surface area contributed by atoms with Gasteiger partial charge in [0.05, 0.1) is 0 Å². The lowest BCUT2D eigenvalue weighted by Crippen LogP contribution is -2.34.